The third kappa shape index (κ3) is 4.23. The zero-order valence-corrected chi connectivity index (χ0v) is 29.1. The quantitative estimate of drug-likeness (QED) is 0.0944. The van der Waals surface area contributed by atoms with Crippen LogP contribution in [0.2, 0.25) is 0 Å². The summed E-state index contributed by atoms with van der Waals surface area (Å²) < 4.78 is 2.55. The molecule has 0 N–H and O–H groups in total. The smallest absolute Gasteiger partial charge is 0.0294 e. The zero-order valence-electron chi connectivity index (χ0n) is 24.8. The van der Waals surface area contributed by atoms with E-state index in [9.17, 15) is 0 Å². The Labute approximate surface area is 295 Å². The summed E-state index contributed by atoms with van der Waals surface area (Å²) >= 11 is 5.16. The topological polar surface area (TPSA) is 0 Å². The molecular weight excluding hydrogens is 782 g/mol. The van der Waals surface area contributed by atoms with Gasteiger partial charge in [0.15, 0.2) is 0 Å². The number of halogens is 2. The molecule has 0 radical (unpaired) electrons. The highest BCUT2D eigenvalue weighted by atomic mass is 127. The lowest BCUT2D eigenvalue weighted by Gasteiger charge is -2.25. The first-order chi connectivity index (χ1) is 22.7. The molecule has 9 aromatic carbocycles. The Morgan fingerprint density at radius 2 is 0.761 bits per heavy atom. The molecule has 0 aliphatic heterocycles. The molecule has 0 saturated carbocycles. The van der Waals surface area contributed by atoms with Crippen LogP contribution in [-0.4, -0.2) is 0 Å². The lowest BCUT2D eigenvalue weighted by atomic mass is 9.79. The number of hydrogen-bond acceptors (Lipinski definition) is 0. The third-order valence-corrected chi connectivity index (χ3v) is 11.4. The second kappa shape index (κ2) is 11.2. The van der Waals surface area contributed by atoms with E-state index in [-0.39, 0.29) is 0 Å². The molecule has 9 aromatic rings. The van der Waals surface area contributed by atoms with Gasteiger partial charge in [0.1, 0.15) is 0 Å². The molecule has 216 valence electrons. The fourth-order valence-electron chi connectivity index (χ4n) is 7.45. The van der Waals surface area contributed by atoms with Crippen molar-refractivity contribution < 1.29 is 0 Å². The highest BCUT2D eigenvalue weighted by Crippen LogP contribution is 2.53. The summed E-state index contributed by atoms with van der Waals surface area (Å²) in [4.78, 5) is 0. The minimum atomic E-state index is 1.23. The van der Waals surface area contributed by atoms with Crippen molar-refractivity contribution in [1.82, 2.24) is 0 Å². The van der Waals surface area contributed by atoms with Gasteiger partial charge in [-0.2, -0.15) is 0 Å². The van der Waals surface area contributed by atoms with Crippen molar-refractivity contribution in [3.63, 3.8) is 0 Å². The maximum absolute atomic E-state index is 2.61. The molecule has 0 nitrogen and oxygen atoms in total. The SMILES string of the molecule is Ic1ccc2c3c(-c4ccccc4)c(-c4ccccc4)c(I)c4cccc(c5c(-c6ccccc6)c(-c6ccccc6)cc1c25)c43. The van der Waals surface area contributed by atoms with Crippen LogP contribution in [0.4, 0.5) is 0 Å². The van der Waals surface area contributed by atoms with Crippen molar-refractivity contribution in [3.8, 4) is 44.5 Å². The first-order valence-corrected chi connectivity index (χ1v) is 17.7. The van der Waals surface area contributed by atoms with Crippen molar-refractivity contribution in [2.45, 2.75) is 0 Å². The highest BCUT2D eigenvalue weighted by Gasteiger charge is 2.26. The Bertz CT molecular complexity index is 2530. The molecule has 2 heteroatoms. The molecule has 46 heavy (non-hydrogen) atoms. The fourth-order valence-corrected chi connectivity index (χ4v) is 9.09. The van der Waals surface area contributed by atoms with Crippen LogP contribution in [0.3, 0.4) is 0 Å². The summed E-state index contributed by atoms with van der Waals surface area (Å²) in [5.74, 6) is 0. The van der Waals surface area contributed by atoms with E-state index < -0.39 is 0 Å². The van der Waals surface area contributed by atoms with Gasteiger partial charge in [0.05, 0.1) is 0 Å². The van der Waals surface area contributed by atoms with Crippen molar-refractivity contribution >= 4 is 88.3 Å². The van der Waals surface area contributed by atoms with Gasteiger partial charge in [0, 0.05) is 12.7 Å². The number of rotatable bonds is 4. The molecule has 0 aliphatic carbocycles. The lowest BCUT2D eigenvalue weighted by Crippen LogP contribution is -1.99. The summed E-state index contributed by atoms with van der Waals surface area (Å²) in [5.41, 5.74) is 10.1. The normalized spacial score (nSPS) is 11.7. The third-order valence-electron chi connectivity index (χ3n) is 9.33. The van der Waals surface area contributed by atoms with Gasteiger partial charge in [-0.1, -0.05) is 146 Å². The summed E-state index contributed by atoms with van der Waals surface area (Å²) in [7, 11) is 0. The van der Waals surface area contributed by atoms with E-state index >= 15 is 0 Å². The Balaban J connectivity index is 1.61. The number of fused-ring (bicyclic) bond motifs is 2. The summed E-state index contributed by atoms with van der Waals surface area (Å²) in [6.45, 7) is 0. The predicted octanol–water partition coefficient (Wildman–Crippen LogP) is 13.6. The average Bonchev–Trinajstić information content (AvgIpc) is 3.12. The lowest BCUT2D eigenvalue weighted by molar-refractivity contribution is 1.60. The molecule has 0 saturated heterocycles. The minimum absolute atomic E-state index is 1.23. The Morgan fingerprint density at radius 3 is 1.37 bits per heavy atom. The molecule has 0 aliphatic rings. The molecule has 0 amide bonds. The fraction of sp³-hybridized carbons (Fsp3) is 0. The van der Waals surface area contributed by atoms with Crippen LogP contribution >= 0.6 is 45.2 Å². The molecule has 0 bridgehead atoms. The van der Waals surface area contributed by atoms with Crippen molar-refractivity contribution in [1.29, 1.82) is 0 Å². The Hall–Kier alpha value is -4.26. The molecule has 0 unspecified atom stereocenters. The van der Waals surface area contributed by atoms with Gasteiger partial charge in [-0.3, -0.25) is 0 Å². The Morgan fingerprint density at radius 1 is 0.304 bits per heavy atom. The van der Waals surface area contributed by atoms with E-state index in [1.54, 1.807) is 0 Å². The predicted molar refractivity (Wildman–Crippen MR) is 215 cm³/mol. The number of hydrogen-bond donors (Lipinski definition) is 0. The van der Waals surface area contributed by atoms with E-state index in [4.69, 9.17) is 0 Å². The van der Waals surface area contributed by atoms with E-state index in [2.05, 4.69) is 203 Å². The minimum Gasteiger partial charge on any atom is -0.0622 e. The van der Waals surface area contributed by atoms with Crippen molar-refractivity contribution in [3.05, 3.63) is 165 Å². The summed E-state index contributed by atoms with van der Waals surface area (Å²) in [6, 6.07) is 57.9. The molecule has 0 fully saturated rings. The van der Waals surface area contributed by atoms with Crippen LogP contribution in [0.1, 0.15) is 0 Å². The second-order valence-electron chi connectivity index (χ2n) is 11.8. The molecule has 0 spiro atoms. The maximum atomic E-state index is 2.61. The van der Waals surface area contributed by atoms with Gasteiger partial charge in [0.2, 0.25) is 0 Å². The highest BCUT2D eigenvalue weighted by molar-refractivity contribution is 14.1. The van der Waals surface area contributed by atoms with Gasteiger partial charge < -0.3 is 0 Å². The van der Waals surface area contributed by atoms with Crippen LogP contribution in [0, 0.1) is 7.14 Å². The summed E-state index contributed by atoms with van der Waals surface area (Å²) in [6.07, 6.45) is 0. The second-order valence-corrected chi connectivity index (χ2v) is 14.1. The number of benzene rings is 9. The van der Waals surface area contributed by atoms with Crippen molar-refractivity contribution in [2.75, 3.05) is 0 Å². The van der Waals surface area contributed by atoms with E-state index in [0.717, 1.165) is 0 Å². The van der Waals surface area contributed by atoms with Crippen LogP contribution in [-0.2, 0) is 0 Å². The molecule has 9 rings (SSSR count). The van der Waals surface area contributed by atoms with Gasteiger partial charge in [-0.05, 0) is 139 Å². The Kier molecular flexibility index (Phi) is 6.83. The molecular formula is C44H26I2. The molecule has 0 aromatic heterocycles. The van der Waals surface area contributed by atoms with Crippen LogP contribution in [0.25, 0.3) is 87.6 Å². The van der Waals surface area contributed by atoms with Crippen LogP contribution in [0.15, 0.2) is 158 Å². The first kappa shape index (κ1) is 28.0. The van der Waals surface area contributed by atoms with Crippen LogP contribution < -0.4 is 0 Å². The van der Waals surface area contributed by atoms with E-state index in [0.29, 0.717) is 0 Å². The van der Waals surface area contributed by atoms with Gasteiger partial charge in [-0.15, -0.1) is 0 Å². The molecule has 0 atom stereocenters. The van der Waals surface area contributed by atoms with Crippen molar-refractivity contribution in [2.24, 2.45) is 0 Å². The monoisotopic (exact) mass is 808 g/mol. The summed E-state index contributed by atoms with van der Waals surface area (Å²) in [5, 5.41) is 10.5. The van der Waals surface area contributed by atoms with E-state index in [1.165, 1.54) is 94.7 Å². The average molecular weight is 808 g/mol. The first-order valence-electron chi connectivity index (χ1n) is 15.5. The molecule has 0 heterocycles. The van der Waals surface area contributed by atoms with E-state index in [1.807, 2.05) is 0 Å². The van der Waals surface area contributed by atoms with Gasteiger partial charge >= 0.3 is 0 Å². The standard InChI is InChI=1S/C44H26I2/c45-36-25-24-32-41-35(36)26-34(27-14-5-1-6-15-27)37(28-16-7-2-8-17-28)42(41)31-22-13-23-33-40(31)43(32)38(29-18-9-3-10-19-29)39(44(33)46)30-20-11-4-12-21-30/h1-26H. The van der Waals surface area contributed by atoms with Gasteiger partial charge in [0.25, 0.3) is 0 Å². The van der Waals surface area contributed by atoms with Crippen LogP contribution in [0.5, 0.6) is 0 Å². The zero-order chi connectivity index (χ0) is 30.8. The maximum Gasteiger partial charge on any atom is 0.0294 e. The van der Waals surface area contributed by atoms with Gasteiger partial charge in [-0.25, -0.2) is 0 Å². The largest absolute Gasteiger partial charge is 0.0622 e.